The Bertz CT molecular complexity index is 970. The maximum Gasteiger partial charge on any atom is 0.247 e. The fraction of sp³-hybridized carbons (Fsp3) is 0.524. The molecule has 28 heavy (non-hydrogen) atoms. The first-order chi connectivity index (χ1) is 13.8. The average molecular weight is 377 g/mol. The van der Waals surface area contributed by atoms with Crippen LogP contribution < -0.4 is 0 Å². The van der Waals surface area contributed by atoms with E-state index in [0.29, 0.717) is 23.1 Å². The first-order valence-corrected chi connectivity index (χ1v) is 10.2. The molecule has 7 nitrogen and oxygen atoms in total. The average Bonchev–Trinajstić information content (AvgIpc) is 3.59. The lowest BCUT2D eigenvalue weighted by molar-refractivity contribution is 0.144. The summed E-state index contributed by atoms with van der Waals surface area (Å²) in [6.07, 6.45) is 5.88. The summed E-state index contributed by atoms with van der Waals surface area (Å²) in [5.41, 5.74) is 1.32. The van der Waals surface area contributed by atoms with Crippen LogP contribution in [0, 0.1) is 5.41 Å². The molecule has 2 saturated carbocycles. The predicted octanol–water partition coefficient (Wildman–Crippen LogP) is 3.77. The van der Waals surface area contributed by atoms with Crippen molar-refractivity contribution >= 4 is 0 Å². The van der Waals surface area contributed by atoms with Gasteiger partial charge in [0.15, 0.2) is 5.82 Å². The fourth-order valence-electron chi connectivity index (χ4n) is 4.51. The van der Waals surface area contributed by atoms with Crippen molar-refractivity contribution in [2.24, 2.45) is 5.41 Å². The smallest absolute Gasteiger partial charge is 0.247 e. The van der Waals surface area contributed by atoms with Gasteiger partial charge in [-0.2, -0.15) is 4.98 Å². The van der Waals surface area contributed by atoms with Gasteiger partial charge in [0.25, 0.3) is 0 Å². The van der Waals surface area contributed by atoms with Crippen LogP contribution in [-0.4, -0.2) is 38.3 Å². The summed E-state index contributed by atoms with van der Waals surface area (Å²) in [6, 6.07) is 9.98. The van der Waals surface area contributed by atoms with Gasteiger partial charge in [-0.1, -0.05) is 23.4 Å². The standard InChI is InChI=1S/C21H23N5O2/c1-2-4-15(5-3-1)19-23-24-20(27-19)16-12-21(16)8-10-26(11-9-21)13-17-22-18(25-28-17)14-6-7-14/h1-5,14,16H,6-13H2/t16-/m1/s1. The highest BCUT2D eigenvalue weighted by Gasteiger charge is 2.58. The molecular weight excluding hydrogens is 354 g/mol. The zero-order valence-electron chi connectivity index (χ0n) is 15.8. The third kappa shape index (κ3) is 2.94. The number of rotatable bonds is 5. The van der Waals surface area contributed by atoms with Gasteiger partial charge in [-0.3, -0.25) is 4.90 Å². The molecule has 3 fully saturated rings. The molecular formula is C21H23N5O2. The molecule has 1 atom stereocenters. The van der Waals surface area contributed by atoms with Gasteiger partial charge < -0.3 is 8.94 Å². The van der Waals surface area contributed by atoms with E-state index >= 15 is 0 Å². The summed E-state index contributed by atoms with van der Waals surface area (Å²) in [7, 11) is 0. The van der Waals surface area contributed by atoms with Crippen molar-refractivity contribution in [1.29, 1.82) is 0 Å². The molecule has 3 aliphatic rings. The third-order valence-corrected chi connectivity index (χ3v) is 6.59. The normalized spacial score (nSPS) is 23.9. The zero-order valence-corrected chi connectivity index (χ0v) is 15.8. The molecule has 1 spiro atoms. The Morgan fingerprint density at radius 1 is 1.07 bits per heavy atom. The van der Waals surface area contributed by atoms with E-state index in [1.807, 2.05) is 30.3 Å². The Hall–Kier alpha value is -2.54. The maximum atomic E-state index is 6.01. The lowest BCUT2D eigenvalue weighted by Crippen LogP contribution is -2.34. The van der Waals surface area contributed by atoms with E-state index in [0.717, 1.165) is 62.1 Å². The number of likely N-dealkylation sites (tertiary alicyclic amines) is 1. The van der Waals surface area contributed by atoms with Gasteiger partial charge in [0, 0.05) is 17.4 Å². The van der Waals surface area contributed by atoms with Crippen LogP contribution in [0.2, 0.25) is 0 Å². The Labute approximate surface area is 163 Å². The van der Waals surface area contributed by atoms with Crippen molar-refractivity contribution in [3.05, 3.63) is 47.9 Å². The van der Waals surface area contributed by atoms with Crippen molar-refractivity contribution in [3.63, 3.8) is 0 Å². The van der Waals surface area contributed by atoms with Gasteiger partial charge >= 0.3 is 0 Å². The molecule has 3 heterocycles. The molecule has 0 unspecified atom stereocenters. The number of hydrogen-bond acceptors (Lipinski definition) is 7. The van der Waals surface area contributed by atoms with Gasteiger partial charge in [-0.05, 0) is 62.7 Å². The second kappa shape index (κ2) is 6.24. The van der Waals surface area contributed by atoms with Gasteiger partial charge in [-0.25, -0.2) is 0 Å². The SMILES string of the molecule is c1ccc(-c2nnc([C@H]3CC34CCN(Cc3nc(C5CC5)no3)CC4)o2)cc1. The van der Waals surface area contributed by atoms with E-state index < -0.39 is 0 Å². The molecule has 1 aliphatic heterocycles. The van der Waals surface area contributed by atoms with Crippen molar-refractivity contribution in [1.82, 2.24) is 25.2 Å². The Morgan fingerprint density at radius 3 is 2.68 bits per heavy atom. The molecule has 1 aromatic carbocycles. The molecule has 0 N–H and O–H groups in total. The maximum absolute atomic E-state index is 6.01. The second-order valence-electron chi connectivity index (χ2n) is 8.53. The van der Waals surface area contributed by atoms with Crippen LogP contribution in [0.3, 0.4) is 0 Å². The minimum atomic E-state index is 0.338. The number of piperidine rings is 1. The monoisotopic (exact) mass is 377 g/mol. The van der Waals surface area contributed by atoms with Gasteiger partial charge in [0.1, 0.15) is 0 Å². The summed E-state index contributed by atoms with van der Waals surface area (Å²) in [5, 5.41) is 12.7. The number of aromatic nitrogens is 4. The summed E-state index contributed by atoms with van der Waals surface area (Å²) in [5.74, 6) is 4.04. The second-order valence-corrected chi connectivity index (χ2v) is 8.53. The third-order valence-electron chi connectivity index (χ3n) is 6.59. The Kier molecular flexibility index (Phi) is 3.66. The topological polar surface area (TPSA) is 81.1 Å². The van der Waals surface area contributed by atoms with Gasteiger partial charge in [0.05, 0.1) is 6.54 Å². The van der Waals surface area contributed by atoms with E-state index in [1.165, 1.54) is 12.8 Å². The highest BCUT2D eigenvalue weighted by molar-refractivity contribution is 5.51. The lowest BCUT2D eigenvalue weighted by atomic mass is 9.91. The van der Waals surface area contributed by atoms with Crippen LogP contribution in [0.15, 0.2) is 39.3 Å². The molecule has 144 valence electrons. The molecule has 0 amide bonds. The van der Waals surface area contributed by atoms with E-state index in [2.05, 4.69) is 25.2 Å². The number of benzene rings is 1. The highest BCUT2D eigenvalue weighted by Crippen LogP contribution is 2.64. The van der Waals surface area contributed by atoms with Crippen molar-refractivity contribution in [2.75, 3.05) is 13.1 Å². The molecule has 2 aromatic heterocycles. The van der Waals surface area contributed by atoms with E-state index in [1.54, 1.807) is 0 Å². The minimum Gasteiger partial charge on any atom is -0.420 e. The number of nitrogens with zero attached hydrogens (tertiary/aromatic N) is 5. The van der Waals surface area contributed by atoms with Gasteiger partial charge in [0.2, 0.25) is 17.7 Å². The molecule has 6 rings (SSSR count). The van der Waals surface area contributed by atoms with Crippen LogP contribution >= 0.6 is 0 Å². The molecule has 7 heteroatoms. The summed E-state index contributed by atoms with van der Waals surface area (Å²) < 4.78 is 11.4. The van der Waals surface area contributed by atoms with Crippen LogP contribution in [0.5, 0.6) is 0 Å². The van der Waals surface area contributed by atoms with Crippen LogP contribution in [0.4, 0.5) is 0 Å². The molecule has 0 radical (unpaired) electrons. The predicted molar refractivity (Wildman–Crippen MR) is 100 cm³/mol. The molecule has 2 aliphatic carbocycles. The summed E-state index contributed by atoms with van der Waals surface area (Å²) in [6.45, 7) is 2.87. The Morgan fingerprint density at radius 2 is 1.89 bits per heavy atom. The minimum absolute atomic E-state index is 0.338. The van der Waals surface area contributed by atoms with Crippen molar-refractivity contribution in [3.8, 4) is 11.5 Å². The molecule has 1 saturated heterocycles. The first-order valence-electron chi connectivity index (χ1n) is 10.2. The molecule has 3 aromatic rings. The largest absolute Gasteiger partial charge is 0.420 e. The van der Waals surface area contributed by atoms with Crippen molar-refractivity contribution < 1.29 is 8.94 Å². The fourth-order valence-corrected chi connectivity index (χ4v) is 4.51. The summed E-state index contributed by atoms with van der Waals surface area (Å²) >= 11 is 0. The zero-order chi connectivity index (χ0) is 18.6. The highest BCUT2D eigenvalue weighted by atomic mass is 16.5. The van der Waals surface area contributed by atoms with Crippen molar-refractivity contribution in [2.45, 2.75) is 50.5 Å². The van der Waals surface area contributed by atoms with Gasteiger partial charge in [-0.15, -0.1) is 10.2 Å². The Balaban J connectivity index is 1.07. The summed E-state index contributed by atoms with van der Waals surface area (Å²) in [4.78, 5) is 6.98. The number of hydrogen-bond donors (Lipinski definition) is 0. The van der Waals surface area contributed by atoms with Crippen LogP contribution in [0.25, 0.3) is 11.5 Å². The van der Waals surface area contributed by atoms with Crippen LogP contribution in [-0.2, 0) is 6.54 Å². The van der Waals surface area contributed by atoms with Crippen LogP contribution in [0.1, 0.15) is 61.5 Å². The van der Waals surface area contributed by atoms with E-state index in [4.69, 9.17) is 8.94 Å². The lowest BCUT2D eigenvalue weighted by Gasteiger charge is -2.31. The van der Waals surface area contributed by atoms with E-state index in [9.17, 15) is 0 Å². The van der Waals surface area contributed by atoms with E-state index in [-0.39, 0.29) is 0 Å². The quantitative estimate of drug-likeness (QED) is 0.669. The first kappa shape index (κ1) is 16.4. The molecule has 0 bridgehead atoms.